The van der Waals surface area contributed by atoms with Crippen LogP contribution in [0.5, 0.6) is 11.5 Å². The molecule has 0 radical (unpaired) electrons. The van der Waals surface area contributed by atoms with Crippen LogP contribution in [-0.2, 0) is 9.59 Å². The van der Waals surface area contributed by atoms with Gasteiger partial charge >= 0.3 is 0 Å². The molecule has 0 atom stereocenters. The van der Waals surface area contributed by atoms with Gasteiger partial charge in [-0.05, 0) is 31.1 Å². The Labute approximate surface area is 141 Å². The number of fused-ring (bicyclic) bond motifs is 1. The van der Waals surface area contributed by atoms with Crippen molar-refractivity contribution in [1.29, 1.82) is 0 Å². The van der Waals surface area contributed by atoms with Crippen molar-refractivity contribution in [3.05, 3.63) is 30.9 Å². The lowest BCUT2D eigenvalue weighted by Gasteiger charge is -2.30. The Morgan fingerprint density at radius 2 is 1.88 bits per heavy atom. The Kier molecular flexibility index (Phi) is 5.03. The van der Waals surface area contributed by atoms with E-state index in [9.17, 15) is 9.59 Å². The molecule has 2 amide bonds. The first-order valence-corrected chi connectivity index (χ1v) is 8.29. The van der Waals surface area contributed by atoms with E-state index in [2.05, 4.69) is 11.9 Å². The molecule has 0 saturated carbocycles. The van der Waals surface area contributed by atoms with Gasteiger partial charge in [0.2, 0.25) is 11.8 Å². The third-order valence-electron chi connectivity index (χ3n) is 4.37. The van der Waals surface area contributed by atoms with Crippen molar-refractivity contribution in [1.82, 2.24) is 4.90 Å². The molecule has 1 aromatic rings. The van der Waals surface area contributed by atoms with Gasteiger partial charge in [-0.3, -0.25) is 9.59 Å². The SMILES string of the molecule is C=CC(=O)N1CCC(C(=O)Nc2ccc3c(c2)OCCCO3)CC1. The van der Waals surface area contributed by atoms with E-state index in [1.54, 1.807) is 11.0 Å². The fraction of sp³-hybridized carbons (Fsp3) is 0.444. The second-order valence-electron chi connectivity index (χ2n) is 6.00. The maximum atomic E-state index is 12.4. The van der Waals surface area contributed by atoms with Gasteiger partial charge in [0.1, 0.15) is 0 Å². The van der Waals surface area contributed by atoms with Gasteiger partial charge in [0.05, 0.1) is 13.2 Å². The topological polar surface area (TPSA) is 67.9 Å². The highest BCUT2D eigenvalue weighted by atomic mass is 16.5. The number of nitrogens with one attached hydrogen (secondary N) is 1. The van der Waals surface area contributed by atoms with Crippen molar-refractivity contribution >= 4 is 17.5 Å². The lowest BCUT2D eigenvalue weighted by Crippen LogP contribution is -2.40. The molecule has 3 rings (SSSR count). The molecule has 2 aliphatic rings. The van der Waals surface area contributed by atoms with Crippen LogP contribution in [0.3, 0.4) is 0 Å². The molecule has 6 nitrogen and oxygen atoms in total. The molecule has 1 saturated heterocycles. The molecular formula is C18H22N2O4. The fourth-order valence-electron chi connectivity index (χ4n) is 2.98. The molecule has 1 aromatic carbocycles. The number of carbonyl (C=O) groups excluding carboxylic acids is 2. The van der Waals surface area contributed by atoms with E-state index >= 15 is 0 Å². The van der Waals surface area contributed by atoms with Crippen LogP contribution in [-0.4, -0.2) is 43.0 Å². The first kappa shape index (κ1) is 16.4. The molecule has 0 aliphatic carbocycles. The molecule has 1 fully saturated rings. The van der Waals surface area contributed by atoms with E-state index in [4.69, 9.17) is 9.47 Å². The maximum Gasteiger partial charge on any atom is 0.245 e. The lowest BCUT2D eigenvalue weighted by atomic mass is 9.95. The Balaban J connectivity index is 1.58. The summed E-state index contributed by atoms with van der Waals surface area (Å²) in [6.07, 6.45) is 3.49. The molecule has 6 heteroatoms. The molecule has 2 heterocycles. The number of hydrogen-bond donors (Lipinski definition) is 1. The van der Waals surface area contributed by atoms with Gasteiger partial charge in [-0.2, -0.15) is 0 Å². The normalized spacial score (nSPS) is 17.8. The molecule has 0 bridgehead atoms. The molecular weight excluding hydrogens is 308 g/mol. The monoisotopic (exact) mass is 330 g/mol. The van der Waals surface area contributed by atoms with Gasteiger partial charge in [0.25, 0.3) is 0 Å². The summed E-state index contributed by atoms with van der Waals surface area (Å²) >= 11 is 0. The molecule has 0 aromatic heterocycles. The number of rotatable bonds is 3. The molecule has 0 unspecified atom stereocenters. The number of benzene rings is 1. The van der Waals surface area contributed by atoms with E-state index in [1.807, 2.05) is 12.1 Å². The number of ether oxygens (including phenoxy) is 2. The Hall–Kier alpha value is -2.50. The van der Waals surface area contributed by atoms with Crippen LogP contribution in [0.25, 0.3) is 0 Å². The number of amides is 2. The number of hydrogen-bond acceptors (Lipinski definition) is 4. The minimum atomic E-state index is -0.0881. The molecule has 2 aliphatic heterocycles. The molecule has 24 heavy (non-hydrogen) atoms. The summed E-state index contributed by atoms with van der Waals surface area (Å²) in [6.45, 7) is 5.92. The average Bonchev–Trinajstić information content (AvgIpc) is 2.86. The number of anilines is 1. The molecule has 0 spiro atoms. The highest BCUT2D eigenvalue weighted by Gasteiger charge is 2.26. The Morgan fingerprint density at radius 3 is 2.58 bits per heavy atom. The minimum Gasteiger partial charge on any atom is -0.490 e. The number of carbonyl (C=O) groups is 2. The maximum absolute atomic E-state index is 12.4. The second-order valence-corrected chi connectivity index (χ2v) is 6.00. The summed E-state index contributed by atoms with van der Waals surface area (Å²) in [5.41, 5.74) is 0.703. The van der Waals surface area contributed by atoms with E-state index in [0.717, 1.165) is 6.42 Å². The van der Waals surface area contributed by atoms with Gasteiger partial charge in [-0.15, -0.1) is 0 Å². The summed E-state index contributed by atoms with van der Waals surface area (Å²) in [5.74, 6) is 1.19. The second kappa shape index (κ2) is 7.38. The Morgan fingerprint density at radius 1 is 1.17 bits per heavy atom. The minimum absolute atomic E-state index is 0.0183. The van der Waals surface area contributed by atoms with E-state index in [-0.39, 0.29) is 17.7 Å². The summed E-state index contributed by atoms with van der Waals surface area (Å²) in [6, 6.07) is 5.44. The number of piperidine rings is 1. The average molecular weight is 330 g/mol. The third-order valence-corrected chi connectivity index (χ3v) is 4.37. The first-order chi connectivity index (χ1) is 11.7. The van der Waals surface area contributed by atoms with E-state index in [0.29, 0.717) is 56.3 Å². The van der Waals surface area contributed by atoms with E-state index < -0.39 is 0 Å². The van der Waals surface area contributed by atoms with Crippen molar-refractivity contribution in [2.24, 2.45) is 5.92 Å². The highest BCUT2D eigenvalue weighted by molar-refractivity contribution is 5.93. The predicted octanol–water partition coefficient (Wildman–Crippen LogP) is 2.21. The first-order valence-electron chi connectivity index (χ1n) is 8.29. The zero-order valence-electron chi connectivity index (χ0n) is 13.6. The van der Waals surface area contributed by atoms with Gasteiger partial charge in [0.15, 0.2) is 11.5 Å². The summed E-state index contributed by atoms with van der Waals surface area (Å²) in [7, 11) is 0. The van der Waals surface area contributed by atoms with Crippen LogP contribution < -0.4 is 14.8 Å². The van der Waals surface area contributed by atoms with Gasteiger partial charge in [-0.25, -0.2) is 0 Å². The zero-order chi connectivity index (χ0) is 16.9. The van der Waals surface area contributed by atoms with Gasteiger partial charge in [0, 0.05) is 37.2 Å². The Bertz CT molecular complexity index is 636. The lowest BCUT2D eigenvalue weighted by molar-refractivity contribution is -0.130. The van der Waals surface area contributed by atoms with Crippen LogP contribution in [0.4, 0.5) is 5.69 Å². The third kappa shape index (κ3) is 3.69. The highest BCUT2D eigenvalue weighted by Crippen LogP contribution is 2.32. The number of nitrogens with zero attached hydrogens (tertiary/aromatic N) is 1. The van der Waals surface area contributed by atoms with Crippen LogP contribution in [0.1, 0.15) is 19.3 Å². The molecule has 1 N–H and O–H groups in total. The van der Waals surface area contributed by atoms with Crippen molar-refractivity contribution in [2.75, 3.05) is 31.6 Å². The largest absolute Gasteiger partial charge is 0.490 e. The van der Waals surface area contributed by atoms with E-state index in [1.165, 1.54) is 6.08 Å². The molecule has 128 valence electrons. The fourth-order valence-corrected chi connectivity index (χ4v) is 2.98. The quantitative estimate of drug-likeness (QED) is 0.863. The summed E-state index contributed by atoms with van der Waals surface area (Å²) < 4.78 is 11.2. The zero-order valence-corrected chi connectivity index (χ0v) is 13.6. The number of likely N-dealkylation sites (tertiary alicyclic amines) is 1. The van der Waals surface area contributed by atoms with Crippen LogP contribution >= 0.6 is 0 Å². The van der Waals surface area contributed by atoms with Gasteiger partial charge < -0.3 is 19.7 Å². The van der Waals surface area contributed by atoms with Crippen molar-refractivity contribution in [3.8, 4) is 11.5 Å². The summed E-state index contributed by atoms with van der Waals surface area (Å²) in [4.78, 5) is 25.7. The summed E-state index contributed by atoms with van der Waals surface area (Å²) in [5, 5.41) is 2.94. The predicted molar refractivity (Wildman–Crippen MR) is 90.2 cm³/mol. The smallest absolute Gasteiger partial charge is 0.245 e. The van der Waals surface area contributed by atoms with Crippen LogP contribution in [0.15, 0.2) is 30.9 Å². The van der Waals surface area contributed by atoms with Crippen molar-refractivity contribution < 1.29 is 19.1 Å². The van der Waals surface area contributed by atoms with Crippen molar-refractivity contribution in [2.45, 2.75) is 19.3 Å². The van der Waals surface area contributed by atoms with Crippen LogP contribution in [0, 0.1) is 5.92 Å². The van der Waals surface area contributed by atoms with Crippen molar-refractivity contribution in [3.63, 3.8) is 0 Å². The standard InChI is InChI=1S/C18H22N2O4/c1-2-17(21)20-8-6-13(7-9-20)18(22)19-14-4-5-15-16(12-14)24-11-3-10-23-15/h2,4-5,12-13H,1,3,6-11H2,(H,19,22). The van der Waals surface area contributed by atoms with Gasteiger partial charge in [-0.1, -0.05) is 6.58 Å². The van der Waals surface area contributed by atoms with Crippen LogP contribution in [0.2, 0.25) is 0 Å².